The van der Waals surface area contributed by atoms with Gasteiger partial charge in [0.25, 0.3) is 0 Å². The van der Waals surface area contributed by atoms with Crippen molar-refractivity contribution >= 4 is 24.6 Å². The van der Waals surface area contributed by atoms with Crippen molar-refractivity contribution in [1.29, 1.82) is 0 Å². The van der Waals surface area contributed by atoms with Gasteiger partial charge < -0.3 is 18.9 Å². The first-order valence-electron chi connectivity index (χ1n) is 23.5. The summed E-state index contributed by atoms with van der Waals surface area (Å²) >= 11 is 0. The highest BCUT2D eigenvalue weighted by Crippen LogP contribution is 2.38. The van der Waals surface area contributed by atoms with E-state index in [1.165, 1.54) is 35.5 Å². The Morgan fingerprint density at radius 3 is 1.51 bits per heavy atom. The van der Waals surface area contributed by atoms with Crippen LogP contribution in [0.5, 0.6) is 0 Å². The molecule has 0 aliphatic heterocycles. The summed E-state index contributed by atoms with van der Waals surface area (Å²) in [6, 6.07) is 0. The van der Waals surface area contributed by atoms with E-state index in [0.29, 0.717) is 19.5 Å². The topological polar surface area (TPSA) is 112 Å². The molecule has 2 unspecified atom stereocenters. The van der Waals surface area contributed by atoms with Crippen LogP contribution in [-0.2, 0) is 23.7 Å². The molecule has 2 aliphatic carbocycles. The Kier molecular flexibility index (Phi) is 23.1. The minimum Gasteiger partial charge on any atom is -0.443 e. The molecule has 0 heterocycles. The van der Waals surface area contributed by atoms with Gasteiger partial charge >= 0.3 is 18.3 Å². The molecule has 0 aromatic carbocycles. The van der Waals surface area contributed by atoms with Crippen LogP contribution >= 0.6 is 0 Å². The number of hydrogen-bond acceptors (Lipinski definition) is 8. The molecule has 0 radical (unpaired) electrons. The van der Waals surface area contributed by atoms with Gasteiger partial charge in [-0.25, -0.2) is 19.3 Å². The fourth-order valence-corrected chi connectivity index (χ4v) is 8.30. The lowest BCUT2D eigenvalue weighted by Crippen LogP contribution is -2.50. The van der Waals surface area contributed by atoms with Crippen LogP contribution in [0.15, 0.2) is 0 Å². The highest BCUT2D eigenvalue weighted by Gasteiger charge is 2.42. The molecule has 0 N–H and O–H groups in total. The van der Waals surface area contributed by atoms with Gasteiger partial charge in [0.2, 0.25) is 0 Å². The third kappa shape index (κ3) is 17.8. The monoisotopic (exact) mass is 807 g/mol. The fraction of sp³-hybridized carbons (Fsp3) is 0.915. The van der Waals surface area contributed by atoms with Gasteiger partial charge in [-0.3, -0.25) is 9.69 Å². The minimum absolute atomic E-state index is 0.127. The molecule has 0 spiro atoms. The largest absolute Gasteiger partial charge is 0.443 e. The summed E-state index contributed by atoms with van der Waals surface area (Å²) in [5, 5.41) is 0. The SMILES string of the molecule is CCCCCCCCCN(C(=O)OC(C)(C)C(C)CCCCCCCCCN(C(=O)OC1(CC)CCCC1)C(=O)OC1(CC)CCCC1)C(C=O)OC(C)(C)CC. The highest BCUT2D eigenvalue weighted by molar-refractivity contribution is 5.88. The van der Waals surface area contributed by atoms with Gasteiger partial charge in [-0.05, 0) is 124 Å². The van der Waals surface area contributed by atoms with Gasteiger partial charge in [0.05, 0.1) is 5.60 Å². The van der Waals surface area contributed by atoms with Crippen LogP contribution in [0.4, 0.5) is 14.4 Å². The molecular weight excluding hydrogens is 721 g/mol. The predicted octanol–water partition coefficient (Wildman–Crippen LogP) is 13.5. The molecule has 2 aliphatic rings. The van der Waals surface area contributed by atoms with E-state index in [4.69, 9.17) is 18.9 Å². The van der Waals surface area contributed by atoms with E-state index in [2.05, 4.69) is 27.7 Å². The third-order valence-electron chi connectivity index (χ3n) is 13.4. The Hall–Kier alpha value is -2.36. The summed E-state index contributed by atoms with van der Waals surface area (Å²) in [6.07, 6.45) is 23.6. The van der Waals surface area contributed by atoms with Crippen molar-refractivity contribution in [3.8, 4) is 0 Å². The highest BCUT2D eigenvalue weighted by atomic mass is 16.6. The van der Waals surface area contributed by atoms with Gasteiger partial charge in [0.1, 0.15) is 16.8 Å². The number of amides is 3. The fourth-order valence-electron chi connectivity index (χ4n) is 8.30. The molecule has 3 amide bonds. The molecule has 2 saturated carbocycles. The first kappa shape index (κ1) is 50.8. The number of imide groups is 1. The summed E-state index contributed by atoms with van der Waals surface area (Å²) in [6.45, 7) is 19.0. The van der Waals surface area contributed by atoms with Crippen molar-refractivity contribution in [3.63, 3.8) is 0 Å². The maximum Gasteiger partial charge on any atom is 0.419 e. The summed E-state index contributed by atoms with van der Waals surface area (Å²) < 4.78 is 24.4. The number of carbonyl (C=O) groups is 4. The van der Waals surface area contributed by atoms with Crippen LogP contribution in [0, 0.1) is 5.92 Å². The van der Waals surface area contributed by atoms with E-state index in [-0.39, 0.29) is 5.92 Å². The summed E-state index contributed by atoms with van der Waals surface area (Å²) in [4.78, 5) is 55.6. The quantitative estimate of drug-likeness (QED) is 0.0318. The Bertz CT molecular complexity index is 1120. The molecule has 0 saturated heterocycles. The maximum atomic E-state index is 13.7. The zero-order valence-electron chi connectivity index (χ0n) is 38.2. The molecule has 57 heavy (non-hydrogen) atoms. The van der Waals surface area contributed by atoms with Gasteiger partial charge in [-0.1, -0.05) is 112 Å². The maximum absolute atomic E-state index is 13.7. The molecule has 0 aromatic heterocycles. The number of carbonyl (C=O) groups excluding carboxylic acids is 4. The first-order chi connectivity index (χ1) is 27.1. The summed E-state index contributed by atoms with van der Waals surface area (Å²) in [7, 11) is 0. The standard InChI is InChI=1S/C47H86N2O8/c1-10-14-15-16-19-22-29-36-48(40(38-50)54-44(6,7)11-2)41(51)55-45(8,9)39(5)31-24-21-18-17-20-23-30-37-49(42(52)56-46(12-3)32-25-26-33-46)43(53)57-47(13-4)34-27-28-35-47/h38-40H,10-37H2,1-9H3. The molecule has 2 rings (SSSR count). The van der Waals surface area contributed by atoms with E-state index < -0.39 is 46.9 Å². The van der Waals surface area contributed by atoms with Crippen molar-refractivity contribution in [2.45, 2.75) is 258 Å². The van der Waals surface area contributed by atoms with E-state index in [0.717, 1.165) is 141 Å². The van der Waals surface area contributed by atoms with Crippen molar-refractivity contribution in [3.05, 3.63) is 0 Å². The second kappa shape index (κ2) is 26.0. The number of nitrogens with zero attached hydrogens (tertiary/aromatic N) is 2. The van der Waals surface area contributed by atoms with Crippen molar-refractivity contribution in [1.82, 2.24) is 9.80 Å². The van der Waals surface area contributed by atoms with Crippen molar-refractivity contribution in [2.24, 2.45) is 5.92 Å². The molecule has 10 nitrogen and oxygen atoms in total. The molecule has 10 heteroatoms. The normalized spacial score (nSPS) is 17.5. The van der Waals surface area contributed by atoms with E-state index >= 15 is 0 Å². The van der Waals surface area contributed by atoms with Crippen LogP contribution in [0.25, 0.3) is 0 Å². The second-order valence-corrected chi connectivity index (χ2v) is 18.6. The first-order valence-corrected chi connectivity index (χ1v) is 23.5. The van der Waals surface area contributed by atoms with Crippen molar-refractivity contribution in [2.75, 3.05) is 13.1 Å². The summed E-state index contributed by atoms with van der Waals surface area (Å²) in [5.74, 6) is 0.127. The van der Waals surface area contributed by atoms with Crippen LogP contribution in [0.3, 0.4) is 0 Å². The molecule has 0 bridgehead atoms. The zero-order chi connectivity index (χ0) is 42.4. The van der Waals surface area contributed by atoms with E-state index in [1.807, 2.05) is 34.6 Å². The lowest BCUT2D eigenvalue weighted by molar-refractivity contribution is -0.155. The number of rotatable bonds is 29. The van der Waals surface area contributed by atoms with Crippen LogP contribution in [0.1, 0.15) is 229 Å². The average molecular weight is 807 g/mol. The molecule has 0 aromatic rings. The van der Waals surface area contributed by atoms with Crippen LogP contribution < -0.4 is 0 Å². The van der Waals surface area contributed by atoms with Gasteiger partial charge in [-0.2, -0.15) is 0 Å². The second-order valence-electron chi connectivity index (χ2n) is 18.6. The average Bonchev–Trinajstić information content (AvgIpc) is 3.86. The zero-order valence-corrected chi connectivity index (χ0v) is 38.2. The third-order valence-corrected chi connectivity index (χ3v) is 13.4. The predicted molar refractivity (Wildman–Crippen MR) is 229 cm³/mol. The van der Waals surface area contributed by atoms with Gasteiger partial charge in [0.15, 0.2) is 12.5 Å². The number of hydrogen-bond donors (Lipinski definition) is 0. The van der Waals surface area contributed by atoms with Crippen LogP contribution in [-0.4, -0.2) is 76.1 Å². The minimum atomic E-state index is -0.987. The lowest BCUT2D eigenvalue weighted by Gasteiger charge is -2.38. The molecule has 2 atom stereocenters. The molecule has 332 valence electrons. The molecule has 2 fully saturated rings. The summed E-state index contributed by atoms with van der Waals surface area (Å²) in [5.41, 5.74) is -2.18. The van der Waals surface area contributed by atoms with E-state index in [9.17, 15) is 19.2 Å². The number of unbranched alkanes of at least 4 members (excludes halogenated alkanes) is 12. The Morgan fingerprint density at radius 1 is 0.632 bits per heavy atom. The Balaban J connectivity index is 1.83. The number of ether oxygens (including phenoxy) is 4. The number of aldehydes is 1. The Labute approximate surface area is 348 Å². The van der Waals surface area contributed by atoms with Gasteiger partial charge in [-0.15, -0.1) is 0 Å². The lowest BCUT2D eigenvalue weighted by atomic mass is 9.87. The van der Waals surface area contributed by atoms with Crippen molar-refractivity contribution < 1.29 is 38.1 Å². The van der Waals surface area contributed by atoms with E-state index in [1.54, 1.807) is 0 Å². The van der Waals surface area contributed by atoms with Gasteiger partial charge in [0, 0.05) is 13.1 Å². The van der Waals surface area contributed by atoms with Crippen LogP contribution in [0.2, 0.25) is 0 Å². The molecular formula is C47H86N2O8. The Morgan fingerprint density at radius 2 is 1.07 bits per heavy atom. The smallest absolute Gasteiger partial charge is 0.419 e.